The molecule has 4 heteroatoms. The van der Waals surface area contributed by atoms with Crippen molar-refractivity contribution >= 4 is 23.2 Å². The van der Waals surface area contributed by atoms with Crippen LogP contribution >= 0.6 is 11.6 Å². The normalized spacial score (nSPS) is 9.93. The maximum Gasteiger partial charge on any atom is 0.248 e. The number of nitrogens with one attached hydrogen (secondary N) is 1. The van der Waals surface area contributed by atoms with E-state index < -0.39 is 0 Å². The second-order valence-electron chi connectivity index (χ2n) is 2.79. The number of halogens is 1. The lowest BCUT2D eigenvalue weighted by atomic mass is 10.2. The predicted octanol–water partition coefficient (Wildman–Crippen LogP) is 2.73. The quantitative estimate of drug-likeness (QED) is 0.780. The van der Waals surface area contributed by atoms with Crippen molar-refractivity contribution in [2.75, 3.05) is 5.32 Å². The number of hydrogen-bond donors (Lipinski definition) is 1. The molecule has 0 unspecified atom stereocenters. The van der Waals surface area contributed by atoms with Crippen LogP contribution in [0.1, 0.15) is 12.5 Å². The van der Waals surface area contributed by atoms with Crippen molar-refractivity contribution in [1.82, 2.24) is 0 Å². The molecule has 15 heavy (non-hydrogen) atoms. The average molecular weight is 221 g/mol. The first-order chi connectivity index (χ1) is 7.17. The molecular formula is C11H9ClN2O. The van der Waals surface area contributed by atoms with Crippen molar-refractivity contribution in [1.29, 1.82) is 5.26 Å². The Morgan fingerprint density at radius 1 is 1.60 bits per heavy atom. The van der Waals surface area contributed by atoms with E-state index in [4.69, 9.17) is 16.9 Å². The molecule has 1 aromatic rings. The summed E-state index contributed by atoms with van der Waals surface area (Å²) in [6, 6.07) is 6.68. The first kappa shape index (κ1) is 11.3. The molecule has 1 rings (SSSR count). The van der Waals surface area contributed by atoms with Crippen LogP contribution in [0.3, 0.4) is 0 Å². The highest BCUT2D eigenvalue weighted by Gasteiger charge is 2.04. The van der Waals surface area contributed by atoms with Gasteiger partial charge in [-0.25, -0.2) is 0 Å². The zero-order chi connectivity index (χ0) is 11.3. The fourth-order valence-corrected chi connectivity index (χ4v) is 1.22. The third kappa shape index (κ3) is 3.12. The van der Waals surface area contributed by atoms with E-state index in [-0.39, 0.29) is 5.91 Å². The van der Waals surface area contributed by atoms with E-state index in [0.29, 0.717) is 16.3 Å². The fourth-order valence-electron chi connectivity index (χ4n) is 1.04. The number of carbonyl (C=O) groups excluding carboxylic acids is 1. The lowest BCUT2D eigenvalue weighted by Crippen LogP contribution is -2.08. The molecule has 0 aliphatic carbocycles. The van der Waals surface area contributed by atoms with Gasteiger partial charge in [-0.3, -0.25) is 4.79 Å². The number of rotatable bonds is 2. The summed E-state index contributed by atoms with van der Waals surface area (Å²) in [7, 11) is 0. The number of nitriles is 1. The van der Waals surface area contributed by atoms with E-state index in [2.05, 4.69) is 5.32 Å². The molecule has 1 amide bonds. The van der Waals surface area contributed by atoms with Crippen LogP contribution in [0.2, 0.25) is 5.02 Å². The average Bonchev–Trinajstić information content (AvgIpc) is 2.18. The van der Waals surface area contributed by atoms with E-state index in [1.54, 1.807) is 31.2 Å². The Balaban J connectivity index is 2.98. The monoisotopic (exact) mass is 220 g/mol. The van der Waals surface area contributed by atoms with E-state index in [0.717, 1.165) is 0 Å². The number of hydrogen-bond acceptors (Lipinski definition) is 2. The van der Waals surface area contributed by atoms with E-state index in [1.165, 1.54) is 6.08 Å². The standard InChI is InChI=1S/C11H9ClN2O/c1-2-3-11(15)14-10-6-9(12)5-4-8(10)7-13/h2-6H,1H3,(H,14,15)/b3-2+. The van der Waals surface area contributed by atoms with Crippen LogP contribution in [-0.2, 0) is 4.79 Å². The molecule has 0 aliphatic heterocycles. The second kappa shape index (κ2) is 5.18. The predicted molar refractivity (Wildman–Crippen MR) is 59.6 cm³/mol. The van der Waals surface area contributed by atoms with Crippen molar-refractivity contribution < 1.29 is 4.79 Å². The van der Waals surface area contributed by atoms with Gasteiger partial charge in [0.25, 0.3) is 0 Å². The molecule has 0 heterocycles. The van der Waals surface area contributed by atoms with Crippen LogP contribution in [0.25, 0.3) is 0 Å². The summed E-state index contributed by atoms with van der Waals surface area (Å²) >= 11 is 5.76. The van der Waals surface area contributed by atoms with Gasteiger partial charge in [0.2, 0.25) is 5.91 Å². The Morgan fingerprint density at radius 3 is 2.93 bits per heavy atom. The highest BCUT2D eigenvalue weighted by Crippen LogP contribution is 2.20. The summed E-state index contributed by atoms with van der Waals surface area (Å²) < 4.78 is 0. The molecule has 0 radical (unpaired) electrons. The summed E-state index contributed by atoms with van der Waals surface area (Å²) in [5.74, 6) is -0.281. The number of nitrogens with zero attached hydrogens (tertiary/aromatic N) is 1. The maximum atomic E-state index is 11.2. The van der Waals surface area contributed by atoms with Gasteiger partial charge in [-0.05, 0) is 31.2 Å². The topological polar surface area (TPSA) is 52.9 Å². The minimum absolute atomic E-state index is 0.281. The van der Waals surface area contributed by atoms with Crippen LogP contribution in [0.5, 0.6) is 0 Å². The third-order valence-electron chi connectivity index (χ3n) is 1.68. The molecule has 0 atom stereocenters. The molecule has 0 saturated heterocycles. The molecule has 0 aliphatic rings. The summed E-state index contributed by atoms with van der Waals surface area (Å²) in [5, 5.41) is 11.8. The van der Waals surface area contributed by atoms with Crippen LogP contribution in [-0.4, -0.2) is 5.91 Å². The minimum atomic E-state index is -0.281. The summed E-state index contributed by atoms with van der Waals surface area (Å²) in [6.07, 6.45) is 2.99. The van der Waals surface area contributed by atoms with Crippen molar-refractivity contribution in [2.45, 2.75) is 6.92 Å². The second-order valence-corrected chi connectivity index (χ2v) is 3.23. The van der Waals surface area contributed by atoms with Crippen molar-refractivity contribution in [3.63, 3.8) is 0 Å². The summed E-state index contributed by atoms with van der Waals surface area (Å²) in [4.78, 5) is 11.2. The molecule has 0 spiro atoms. The highest BCUT2D eigenvalue weighted by atomic mass is 35.5. The zero-order valence-corrected chi connectivity index (χ0v) is 8.88. The molecule has 0 bridgehead atoms. The first-order valence-electron chi connectivity index (χ1n) is 4.30. The van der Waals surface area contributed by atoms with Gasteiger partial charge < -0.3 is 5.32 Å². The number of amides is 1. The zero-order valence-electron chi connectivity index (χ0n) is 8.12. The van der Waals surface area contributed by atoms with E-state index in [9.17, 15) is 4.79 Å². The van der Waals surface area contributed by atoms with E-state index >= 15 is 0 Å². The van der Waals surface area contributed by atoms with Gasteiger partial charge in [0.15, 0.2) is 0 Å². The Bertz CT molecular complexity index is 446. The Morgan fingerprint density at radius 2 is 2.33 bits per heavy atom. The third-order valence-corrected chi connectivity index (χ3v) is 1.91. The van der Waals surface area contributed by atoms with Crippen molar-refractivity contribution in [2.24, 2.45) is 0 Å². The number of benzene rings is 1. The Kier molecular flexibility index (Phi) is 3.90. The molecule has 1 N–H and O–H groups in total. The van der Waals surface area contributed by atoms with Crippen molar-refractivity contribution in [3.05, 3.63) is 40.9 Å². The van der Waals surface area contributed by atoms with Crippen molar-refractivity contribution in [3.8, 4) is 6.07 Å². The molecule has 0 aromatic heterocycles. The minimum Gasteiger partial charge on any atom is -0.321 e. The molecule has 0 saturated carbocycles. The molecule has 0 fully saturated rings. The molecular weight excluding hydrogens is 212 g/mol. The smallest absolute Gasteiger partial charge is 0.248 e. The number of carbonyl (C=O) groups is 1. The van der Waals surface area contributed by atoms with E-state index in [1.807, 2.05) is 6.07 Å². The van der Waals surface area contributed by atoms with Crippen LogP contribution in [0.4, 0.5) is 5.69 Å². The molecule has 76 valence electrons. The maximum absolute atomic E-state index is 11.2. The number of allylic oxidation sites excluding steroid dienone is 1. The van der Waals surface area contributed by atoms with Crippen LogP contribution in [0, 0.1) is 11.3 Å². The first-order valence-corrected chi connectivity index (χ1v) is 4.68. The molecule has 1 aromatic carbocycles. The Hall–Kier alpha value is -1.79. The SMILES string of the molecule is C/C=C/C(=O)Nc1cc(Cl)ccc1C#N. The van der Waals surface area contributed by atoms with Gasteiger partial charge in [0.1, 0.15) is 6.07 Å². The summed E-state index contributed by atoms with van der Waals surface area (Å²) in [5.41, 5.74) is 0.811. The number of anilines is 1. The van der Waals surface area contributed by atoms with Gasteiger partial charge in [-0.15, -0.1) is 0 Å². The highest BCUT2D eigenvalue weighted by molar-refractivity contribution is 6.31. The Labute approximate surface area is 93.0 Å². The van der Waals surface area contributed by atoms with Gasteiger partial charge in [0.05, 0.1) is 11.3 Å². The van der Waals surface area contributed by atoms with Crippen LogP contribution in [0.15, 0.2) is 30.4 Å². The lowest BCUT2D eigenvalue weighted by molar-refractivity contribution is -0.111. The van der Waals surface area contributed by atoms with Gasteiger partial charge >= 0.3 is 0 Å². The summed E-state index contributed by atoms with van der Waals surface area (Å²) in [6.45, 7) is 1.74. The lowest BCUT2D eigenvalue weighted by Gasteiger charge is -2.04. The van der Waals surface area contributed by atoms with Crippen LogP contribution < -0.4 is 5.32 Å². The fraction of sp³-hybridized carbons (Fsp3) is 0.0909. The van der Waals surface area contributed by atoms with Gasteiger partial charge in [-0.1, -0.05) is 17.7 Å². The largest absolute Gasteiger partial charge is 0.321 e. The van der Waals surface area contributed by atoms with Gasteiger partial charge in [0, 0.05) is 5.02 Å². The molecule has 3 nitrogen and oxygen atoms in total. The van der Waals surface area contributed by atoms with Gasteiger partial charge in [-0.2, -0.15) is 5.26 Å².